The Balaban J connectivity index is 1.71. The molecule has 0 bridgehead atoms. The molecule has 0 amide bonds. The second-order valence-electron chi connectivity index (χ2n) is 9.31. The van der Waals surface area contributed by atoms with E-state index in [-0.39, 0.29) is 29.6 Å². The van der Waals surface area contributed by atoms with Gasteiger partial charge in [0.1, 0.15) is 17.3 Å². The smallest absolute Gasteiger partial charge is 0.351 e. The lowest BCUT2D eigenvalue weighted by atomic mass is 9.95. The van der Waals surface area contributed by atoms with Crippen LogP contribution in [0.15, 0.2) is 35.1 Å². The summed E-state index contributed by atoms with van der Waals surface area (Å²) >= 11 is 0. The second-order valence-corrected chi connectivity index (χ2v) is 9.31. The van der Waals surface area contributed by atoms with Crippen molar-refractivity contribution in [1.29, 1.82) is 5.26 Å². The van der Waals surface area contributed by atoms with Gasteiger partial charge in [0.2, 0.25) is 0 Å². The number of nitrogens with zero attached hydrogens (tertiary/aromatic N) is 6. The molecule has 1 saturated heterocycles. The quantitative estimate of drug-likeness (QED) is 0.485. The molecule has 0 aliphatic carbocycles. The molecule has 3 atom stereocenters. The van der Waals surface area contributed by atoms with Crippen LogP contribution in [0.2, 0.25) is 0 Å². The molecule has 4 rings (SSSR count). The average molecular weight is 505 g/mol. The van der Waals surface area contributed by atoms with E-state index >= 15 is 0 Å². The first-order chi connectivity index (χ1) is 17.0. The lowest BCUT2D eigenvalue weighted by Crippen LogP contribution is -2.58. The van der Waals surface area contributed by atoms with Crippen LogP contribution in [0.1, 0.15) is 50.1 Å². The first-order valence-corrected chi connectivity index (χ1v) is 11.8. The summed E-state index contributed by atoms with van der Waals surface area (Å²) in [5.41, 5.74) is -0.0529. The molecule has 192 valence electrons. The molecule has 0 N–H and O–H groups in total. The minimum atomic E-state index is -4.67. The molecule has 3 aromatic rings. The maximum absolute atomic E-state index is 13.7. The van der Waals surface area contributed by atoms with Crippen LogP contribution in [-0.2, 0) is 19.6 Å². The zero-order valence-corrected chi connectivity index (χ0v) is 20.6. The van der Waals surface area contributed by atoms with Crippen molar-refractivity contribution in [2.45, 2.75) is 57.9 Å². The molecular weight excluding hydrogens is 476 g/mol. The average Bonchev–Trinajstić information content (AvgIpc) is 3.25. The van der Waals surface area contributed by atoms with Crippen LogP contribution in [0.4, 0.5) is 23.4 Å². The van der Waals surface area contributed by atoms with Crippen LogP contribution >= 0.6 is 0 Å². The second kappa shape index (κ2) is 9.58. The van der Waals surface area contributed by atoms with E-state index in [1.807, 2.05) is 23.6 Å². The van der Waals surface area contributed by atoms with Crippen LogP contribution in [-0.4, -0.2) is 44.3 Å². The third-order valence-corrected chi connectivity index (χ3v) is 7.06. The molecule has 1 fully saturated rings. The molecule has 2 aromatic heterocycles. The summed E-state index contributed by atoms with van der Waals surface area (Å²) in [4.78, 5) is 16.8. The number of fused-ring (bicyclic) bond motifs is 1. The normalized spacial score (nSPS) is 20.0. The van der Waals surface area contributed by atoms with E-state index in [2.05, 4.69) is 11.2 Å². The lowest BCUT2D eigenvalue weighted by Gasteiger charge is -2.48. The van der Waals surface area contributed by atoms with Crippen molar-refractivity contribution in [2.24, 2.45) is 7.05 Å². The van der Waals surface area contributed by atoms with Gasteiger partial charge in [-0.25, -0.2) is 8.91 Å². The number of hydrogen-bond donors (Lipinski definition) is 0. The fraction of sp³-hybridized carbons (Fsp3) is 0.480. The molecule has 3 heterocycles. The van der Waals surface area contributed by atoms with E-state index in [9.17, 15) is 22.4 Å². The van der Waals surface area contributed by atoms with Gasteiger partial charge in [0, 0.05) is 50.4 Å². The topological polar surface area (TPSA) is 69.6 Å². The summed E-state index contributed by atoms with van der Waals surface area (Å²) in [7, 11) is 1.64. The van der Waals surface area contributed by atoms with Crippen LogP contribution < -0.4 is 10.5 Å². The summed E-state index contributed by atoms with van der Waals surface area (Å²) in [6.07, 6.45) is -3.91. The SMILES string of the molecule is CC[C@@H]1CN(c2cc(=O)n(C)c3cc(CC#N)nn23)[C@@H](C)CN1C(C)c1ccc(F)cc1C(F)(F)F. The predicted molar refractivity (Wildman–Crippen MR) is 127 cm³/mol. The number of hydrogen-bond acceptors (Lipinski definition) is 5. The lowest BCUT2D eigenvalue weighted by molar-refractivity contribution is -0.139. The van der Waals surface area contributed by atoms with Crippen molar-refractivity contribution < 1.29 is 17.6 Å². The number of piperazine rings is 1. The fourth-order valence-corrected chi connectivity index (χ4v) is 5.12. The van der Waals surface area contributed by atoms with E-state index in [1.165, 1.54) is 16.7 Å². The van der Waals surface area contributed by atoms with E-state index in [4.69, 9.17) is 5.26 Å². The fourth-order valence-electron chi connectivity index (χ4n) is 5.12. The van der Waals surface area contributed by atoms with Gasteiger partial charge in [0.15, 0.2) is 0 Å². The van der Waals surface area contributed by atoms with Gasteiger partial charge in [0.05, 0.1) is 23.7 Å². The summed E-state index contributed by atoms with van der Waals surface area (Å²) in [6, 6.07) is 7.22. The van der Waals surface area contributed by atoms with Gasteiger partial charge >= 0.3 is 6.18 Å². The summed E-state index contributed by atoms with van der Waals surface area (Å²) in [6.45, 7) is 6.51. The summed E-state index contributed by atoms with van der Waals surface area (Å²) in [5.74, 6) is -0.346. The predicted octanol–water partition coefficient (Wildman–Crippen LogP) is 4.31. The number of halogens is 4. The number of aryl methyl sites for hydroxylation is 1. The Labute approximate surface area is 206 Å². The van der Waals surface area contributed by atoms with Crippen molar-refractivity contribution in [1.82, 2.24) is 19.1 Å². The number of rotatable bonds is 5. The number of alkyl halides is 3. The molecule has 1 aliphatic rings. The van der Waals surface area contributed by atoms with Gasteiger partial charge < -0.3 is 4.90 Å². The number of nitriles is 1. The summed E-state index contributed by atoms with van der Waals surface area (Å²) < 4.78 is 58.0. The number of aromatic nitrogens is 3. The molecule has 7 nitrogen and oxygen atoms in total. The molecule has 0 spiro atoms. The van der Waals surface area contributed by atoms with E-state index in [0.717, 1.165) is 6.07 Å². The Hall–Kier alpha value is -3.39. The number of benzene rings is 1. The van der Waals surface area contributed by atoms with Crippen LogP contribution in [0, 0.1) is 17.1 Å². The van der Waals surface area contributed by atoms with Crippen LogP contribution in [0.25, 0.3) is 5.65 Å². The highest BCUT2D eigenvalue weighted by Gasteiger charge is 2.40. The van der Waals surface area contributed by atoms with Crippen molar-refractivity contribution in [3.63, 3.8) is 0 Å². The van der Waals surface area contributed by atoms with Crippen LogP contribution in [0.5, 0.6) is 0 Å². The molecule has 36 heavy (non-hydrogen) atoms. The Kier molecular flexibility index (Phi) is 6.84. The zero-order valence-electron chi connectivity index (χ0n) is 20.6. The van der Waals surface area contributed by atoms with Crippen LogP contribution in [0.3, 0.4) is 0 Å². The Morgan fingerprint density at radius 1 is 1.22 bits per heavy atom. The molecule has 11 heteroatoms. The molecule has 1 aromatic carbocycles. The van der Waals surface area contributed by atoms with Gasteiger partial charge in [-0.15, -0.1) is 0 Å². The van der Waals surface area contributed by atoms with Gasteiger partial charge in [-0.2, -0.15) is 23.5 Å². The third-order valence-electron chi connectivity index (χ3n) is 7.06. The van der Waals surface area contributed by atoms with E-state index < -0.39 is 23.6 Å². The Morgan fingerprint density at radius 2 is 1.94 bits per heavy atom. The largest absolute Gasteiger partial charge is 0.416 e. The maximum atomic E-state index is 13.7. The number of anilines is 1. The van der Waals surface area contributed by atoms with E-state index in [1.54, 1.807) is 24.6 Å². The van der Waals surface area contributed by atoms with Crippen molar-refractivity contribution in [2.75, 3.05) is 18.0 Å². The molecule has 0 saturated carbocycles. The summed E-state index contributed by atoms with van der Waals surface area (Å²) in [5, 5.41) is 13.6. The van der Waals surface area contributed by atoms with Crippen molar-refractivity contribution in [3.8, 4) is 6.07 Å². The molecule has 1 aliphatic heterocycles. The van der Waals surface area contributed by atoms with Gasteiger partial charge in [-0.1, -0.05) is 13.0 Å². The minimum Gasteiger partial charge on any atom is -0.351 e. The highest BCUT2D eigenvalue weighted by molar-refractivity contribution is 5.52. The van der Waals surface area contributed by atoms with Crippen molar-refractivity contribution >= 4 is 11.5 Å². The monoisotopic (exact) mass is 504 g/mol. The van der Waals surface area contributed by atoms with Gasteiger partial charge in [0.25, 0.3) is 5.56 Å². The molecule has 1 unspecified atom stereocenters. The zero-order chi connectivity index (χ0) is 26.4. The van der Waals surface area contributed by atoms with Gasteiger partial charge in [-0.3, -0.25) is 14.3 Å². The first kappa shape index (κ1) is 25.7. The Morgan fingerprint density at radius 3 is 2.58 bits per heavy atom. The standard InChI is InChI=1S/C25H28F4N6O/c1-5-19-14-33(23-12-24(36)32(4)22-11-18(8-9-30)31-35(22)23)15(2)13-34(19)16(3)20-7-6-17(26)10-21(20)25(27,28)29/h6-7,10-12,15-16,19H,5,8,13-14H2,1-4H3/t15-,16?,19+/m0/s1. The third kappa shape index (κ3) is 4.57. The highest BCUT2D eigenvalue weighted by atomic mass is 19.4. The molecular formula is C25H28F4N6O. The minimum absolute atomic E-state index is 0.0344. The van der Waals surface area contributed by atoms with E-state index in [0.29, 0.717) is 42.7 Å². The Bertz CT molecular complexity index is 1370. The maximum Gasteiger partial charge on any atom is 0.416 e. The van der Waals surface area contributed by atoms with Crippen molar-refractivity contribution in [3.05, 3.63) is 63.3 Å². The first-order valence-electron chi connectivity index (χ1n) is 11.8. The molecule has 0 radical (unpaired) electrons. The van der Waals surface area contributed by atoms with Gasteiger partial charge in [-0.05, 0) is 38.0 Å². The highest BCUT2D eigenvalue weighted by Crippen LogP contribution is 2.39.